The first-order valence-corrected chi connectivity index (χ1v) is 6.39. The van der Waals surface area contributed by atoms with Crippen LogP contribution in [0.15, 0.2) is 10.5 Å². The predicted octanol–water partition coefficient (Wildman–Crippen LogP) is 1.73. The predicted molar refractivity (Wildman–Crippen MR) is 61.0 cm³/mol. The summed E-state index contributed by atoms with van der Waals surface area (Å²) in [4.78, 5) is 25.4. The van der Waals surface area contributed by atoms with Gasteiger partial charge in [-0.05, 0) is 6.42 Å². The number of carboxylic acids is 2. The molecule has 0 bridgehead atoms. The maximum Gasteiger partial charge on any atom is 0.308 e. The Kier molecular flexibility index (Phi) is 5.27. The van der Waals surface area contributed by atoms with Gasteiger partial charge in [0, 0.05) is 23.2 Å². The molecule has 0 fully saturated rings. The van der Waals surface area contributed by atoms with Crippen LogP contribution in [0.25, 0.3) is 0 Å². The van der Waals surface area contributed by atoms with Gasteiger partial charge in [-0.3, -0.25) is 9.59 Å². The number of thiazole rings is 1. The summed E-state index contributed by atoms with van der Waals surface area (Å²) < 4.78 is 0.793. The minimum absolute atomic E-state index is 0.00659. The van der Waals surface area contributed by atoms with Crippen LogP contribution in [0.5, 0.6) is 0 Å². The van der Waals surface area contributed by atoms with Crippen LogP contribution in [0.4, 0.5) is 0 Å². The van der Waals surface area contributed by atoms with Crippen LogP contribution < -0.4 is 0 Å². The van der Waals surface area contributed by atoms with Crippen LogP contribution in [-0.2, 0) is 16.0 Å². The zero-order valence-electron chi connectivity index (χ0n) is 8.38. The molecule has 16 heavy (non-hydrogen) atoms. The van der Waals surface area contributed by atoms with Crippen LogP contribution >= 0.6 is 23.1 Å². The molecule has 88 valence electrons. The van der Waals surface area contributed by atoms with Gasteiger partial charge in [-0.2, -0.15) is 0 Å². The summed E-state index contributed by atoms with van der Waals surface area (Å²) in [6.07, 6.45) is 2.29. The average Bonchev–Trinajstić information content (AvgIpc) is 2.59. The topological polar surface area (TPSA) is 87.5 Å². The van der Waals surface area contributed by atoms with Crippen molar-refractivity contribution in [1.82, 2.24) is 4.98 Å². The smallest absolute Gasteiger partial charge is 0.308 e. The Morgan fingerprint density at radius 2 is 2.12 bits per heavy atom. The minimum Gasteiger partial charge on any atom is -0.481 e. The molecule has 0 aliphatic heterocycles. The van der Waals surface area contributed by atoms with E-state index in [1.165, 1.54) is 23.1 Å². The first-order valence-electron chi connectivity index (χ1n) is 4.59. The first-order chi connectivity index (χ1) is 7.58. The van der Waals surface area contributed by atoms with Gasteiger partial charge in [-0.25, -0.2) is 4.98 Å². The molecule has 1 rings (SSSR count). The van der Waals surface area contributed by atoms with Crippen molar-refractivity contribution in [3.05, 3.63) is 11.1 Å². The molecule has 0 aliphatic rings. The standard InChI is InChI=1S/C9H11NO4S2/c11-7(12)2-1-3-15-9-10-5-6(16-9)4-8(13)14/h5H,1-4H2,(H,11,12)(H,13,14). The molecule has 2 N–H and O–H groups in total. The molecule has 0 saturated heterocycles. The quantitative estimate of drug-likeness (QED) is 0.574. The molecule has 1 aromatic heterocycles. The van der Waals surface area contributed by atoms with Gasteiger partial charge in [-0.15, -0.1) is 11.3 Å². The third kappa shape index (κ3) is 5.13. The lowest BCUT2D eigenvalue weighted by Gasteiger charge is -1.94. The van der Waals surface area contributed by atoms with E-state index in [9.17, 15) is 9.59 Å². The van der Waals surface area contributed by atoms with Crippen LogP contribution in [0.1, 0.15) is 17.7 Å². The van der Waals surface area contributed by atoms with E-state index in [-0.39, 0.29) is 12.8 Å². The van der Waals surface area contributed by atoms with Gasteiger partial charge in [0.05, 0.1) is 6.42 Å². The summed E-state index contributed by atoms with van der Waals surface area (Å²) in [7, 11) is 0. The summed E-state index contributed by atoms with van der Waals surface area (Å²) in [5, 5.41) is 17.0. The van der Waals surface area contributed by atoms with E-state index in [1.807, 2.05) is 0 Å². The van der Waals surface area contributed by atoms with Gasteiger partial charge in [0.2, 0.25) is 0 Å². The van der Waals surface area contributed by atoms with Crippen LogP contribution in [0, 0.1) is 0 Å². The molecular formula is C9H11NO4S2. The summed E-state index contributed by atoms with van der Waals surface area (Å²) in [5.74, 6) is -0.982. The fourth-order valence-electron chi connectivity index (χ4n) is 0.970. The fourth-order valence-corrected chi connectivity index (χ4v) is 3.00. The van der Waals surface area contributed by atoms with Crippen molar-refractivity contribution in [2.75, 3.05) is 5.75 Å². The molecular weight excluding hydrogens is 250 g/mol. The van der Waals surface area contributed by atoms with Crippen molar-refractivity contribution < 1.29 is 19.8 Å². The highest BCUT2D eigenvalue weighted by atomic mass is 32.2. The molecule has 0 spiro atoms. The molecule has 1 heterocycles. The lowest BCUT2D eigenvalue weighted by Crippen LogP contribution is -1.97. The Hall–Kier alpha value is -1.08. The fraction of sp³-hybridized carbons (Fsp3) is 0.444. The van der Waals surface area contributed by atoms with Gasteiger partial charge >= 0.3 is 11.9 Å². The summed E-state index contributed by atoms with van der Waals surface area (Å²) in [6, 6.07) is 0. The van der Waals surface area contributed by atoms with Crippen LogP contribution in [-0.4, -0.2) is 32.9 Å². The van der Waals surface area contributed by atoms with E-state index in [0.717, 1.165) is 4.34 Å². The second-order valence-corrected chi connectivity index (χ2v) is 5.47. The van der Waals surface area contributed by atoms with Gasteiger partial charge in [-0.1, -0.05) is 11.8 Å². The number of hydrogen-bond acceptors (Lipinski definition) is 5. The zero-order chi connectivity index (χ0) is 12.0. The number of aliphatic carboxylic acids is 2. The Morgan fingerprint density at radius 3 is 2.75 bits per heavy atom. The highest BCUT2D eigenvalue weighted by Crippen LogP contribution is 2.25. The Balaban J connectivity index is 2.29. The number of thioether (sulfide) groups is 1. The van der Waals surface area contributed by atoms with E-state index in [0.29, 0.717) is 17.1 Å². The molecule has 0 unspecified atom stereocenters. The number of hydrogen-bond donors (Lipinski definition) is 2. The second-order valence-electron chi connectivity index (χ2n) is 3.01. The van der Waals surface area contributed by atoms with Crippen molar-refractivity contribution in [2.24, 2.45) is 0 Å². The van der Waals surface area contributed by atoms with Gasteiger partial charge in [0.25, 0.3) is 0 Å². The SMILES string of the molecule is O=C(O)CCCSc1ncc(CC(=O)O)s1. The molecule has 5 nitrogen and oxygen atoms in total. The molecule has 0 atom stereocenters. The maximum atomic E-state index is 10.4. The molecule has 0 amide bonds. The molecule has 1 aromatic rings. The lowest BCUT2D eigenvalue weighted by atomic mass is 10.3. The second kappa shape index (κ2) is 6.49. The van der Waals surface area contributed by atoms with Crippen LogP contribution in [0.2, 0.25) is 0 Å². The van der Waals surface area contributed by atoms with Gasteiger partial charge in [0.15, 0.2) is 0 Å². The number of aromatic nitrogens is 1. The largest absolute Gasteiger partial charge is 0.481 e. The molecule has 0 saturated carbocycles. The normalized spacial score (nSPS) is 10.2. The van der Waals surface area contributed by atoms with E-state index < -0.39 is 11.9 Å². The zero-order valence-corrected chi connectivity index (χ0v) is 10.0. The van der Waals surface area contributed by atoms with Crippen molar-refractivity contribution in [2.45, 2.75) is 23.6 Å². The minimum atomic E-state index is -0.869. The van der Waals surface area contributed by atoms with Crippen molar-refractivity contribution in [1.29, 1.82) is 0 Å². The number of carboxylic acid groups (broad SMARTS) is 2. The van der Waals surface area contributed by atoms with E-state index in [4.69, 9.17) is 10.2 Å². The molecule has 0 aromatic carbocycles. The summed E-state index contributed by atoms with van der Waals surface area (Å²) >= 11 is 2.81. The third-order valence-corrected chi connectivity index (χ3v) is 3.86. The van der Waals surface area contributed by atoms with Crippen molar-refractivity contribution in [3.8, 4) is 0 Å². The first kappa shape index (κ1) is 13.0. The van der Waals surface area contributed by atoms with E-state index >= 15 is 0 Å². The maximum absolute atomic E-state index is 10.4. The van der Waals surface area contributed by atoms with E-state index in [2.05, 4.69) is 4.98 Å². The molecule has 0 radical (unpaired) electrons. The van der Waals surface area contributed by atoms with Crippen molar-refractivity contribution >= 4 is 35.0 Å². The van der Waals surface area contributed by atoms with Crippen molar-refractivity contribution in [3.63, 3.8) is 0 Å². The van der Waals surface area contributed by atoms with E-state index in [1.54, 1.807) is 6.20 Å². The Labute approximate surface area is 101 Å². The lowest BCUT2D eigenvalue weighted by molar-refractivity contribution is -0.137. The third-order valence-electron chi connectivity index (χ3n) is 1.62. The highest BCUT2D eigenvalue weighted by molar-refractivity contribution is 8.01. The summed E-state index contributed by atoms with van der Waals surface area (Å²) in [6.45, 7) is 0. The molecule has 0 aliphatic carbocycles. The Morgan fingerprint density at radius 1 is 1.38 bits per heavy atom. The van der Waals surface area contributed by atoms with Gasteiger partial charge < -0.3 is 10.2 Å². The monoisotopic (exact) mass is 261 g/mol. The number of nitrogens with zero attached hydrogens (tertiary/aromatic N) is 1. The summed E-state index contributed by atoms with van der Waals surface area (Å²) in [5.41, 5.74) is 0. The highest BCUT2D eigenvalue weighted by Gasteiger charge is 2.06. The average molecular weight is 261 g/mol. The Bertz CT molecular complexity index is 377. The van der Waals surface area contributed by atoms with Crippen LogP contribution in [0.3, 0.4) is 0 Å². The molecule has 7 heteroatoms. The number of rotatable bonds is 7. The number of carbonyl (C=O) groups is 2. The van der Waals surface area contributed by atoms with Gasteiger partial charge in [0.1, 0.15) is 4.34 Å².